The van der Waals surface area contributed by atoms with E-state index in [9.17, 15) is 0 Å². The molecule has 0 amide bonds. The molecule has 21 heavy (non-hydrogen) atoms. The second kappa shape index (κ2) is 5.89. The van der Waals surface area contributed by atoms with Gasteiger partial charge in [-0.2, -0.15) is 0 Å². The first-order valence-corrected chi connectivity index (χ1v) is 8.80. The predicted molar refractivity (Wildman–Crippen MR) is 86.1 cm³/mol. The van der Waals surface area contributed by atoms with E-state index in [0.29, 0.717) is 0 Å². The van der Waals surface area contributed by atoms with Gasteiger partial charge in [-0.05, 0) is 50.0 Å². The smallest absolute Gasteiger partial charge is 0.138 e. The Labute approximate surface area is 128 Å². The third kappa shape index (κ3) is 2.90. The first-order chi connectivity index (χ1) is 10.4. The minimum Gasteiger partial charge on any atom is -0.381 e. The number of hydrogen-bond acceptors (Lipinski definition) is 5. The molecule has 0 bridgehead atoms. The van der Waals surface area contributed by atoms with Crippen LogP contribution >= 0.6 is 11.3 Å². The van der Waals surface area contributed by atoms with Crippen molar-refractivity contribution >= 4 is 27.4 Å². The number of ether oxygens (including phenoxy) is 1. The zero-order valence-corrected chi connectivity index (χ0v) is 13.0. The van der Waals surface area contributed by atoms with Gasteiger partial charge in [-0.3, -0.25) is 0 Å². The van der Waals surface area contributed by atoms with Crippen LogP contribution in [0.5, 0.6) is 0 Å². The molecule has 0 radical (unpaired) electrons. The highest BCUT2D eigenvalue weighted by atomic mass is 32.1. The highest BCUT2D eigenvalue weighted by molar-refractivity contribution is 7.19. The van der Waals surface area contributed by atoms with E-state index in [1.807, 2.05) is 11.3 Å². The second-order valence-corrected chi connectivity index (χ2v) is 7.14. The lowest BCUT2D eigenvalue weighted by atomic mass is 10.2. The van der Waals surface area contributed by atoms with Crippen molar-refractivity contribution in [3.63, 3.8) is 0 Å². The Kier molecular flexibility index (Phi) is 3.78. The highest BCUT2D eigenvalue weighted by Crippen LogP contribution is 2.38. The first kappa shape index (κ1) is 13.5. The Morgan fingerprint density at radius 3 is 3.14 bits per heavy atom. The fraction of sp³-hybridized carbons (Fsp3) is 0.625. The average molecular weight is 303 g/mol. The van der Waals surface area contributed by atoms with Crippen molar-refractivity contribution in [1.29, 1.82) is 0 Å². The standard InChI is InChI=1S/C16H21N3OS/c1-3-12-13(4-1)21-16-14(12)15(18-10-19-16)17-7-2-8-20-9-11-5-6-11/h10-11H,1-9H2,(H,17,18,19). The highest BCUT2D eigenvalue weighted by Gasteiger charge is 2.21. The molecule has 112 valence electrons. The van der Waals surface area contributed by atoms with Gasteiger partial charge in [0.25, 0.3) is 0 Å². The largest absolute Gasteiger partial charge is 0.381 e. The Morgan fingerprint density at radius 1 is 1.29 bits per heavy atom. The molecule has 0 aliphatic heterocycles. The summed E-state index contributed by atoms with van der Waals surface area (Å²) in [5.74, 6) is 1.87. The molecule has 2 aliphatic rings. The molecule has 2 heterocycles. The average Bonchev–Trinajstić information content (AvgIpc) is 3.08. The molecule has 2 aromatic heterocycles. The molecule has 1 N–H and O–H groups in total. The molecule has 2 aromatic rings. The van der Waals surface area contributed by atoms with Gasteiger partial charge in [-0.1, -0.05) is 0 Å². The van der Waals surface area contributed by atoms with Crippen LogP contribution in [0.1, 0.15) is 36.1 Å². The van der Waals surface area contributed by atoms with Crippen molar-refractivity contribution in [1.82, 2.24) is 9.97 Å². The monoisotopic (exact) mass is 303 g/mol. The van der Waals surface area contributed by atoms with Crippen LogP contribution in [0.2, 0.25) is 0 Å². The van der Waals surface area contributed by atoms with Crippen molar-refractivity contribution in [3.05, 3.63) is 16.8 Å². The number of fused-ring (bicyclic) bond motifs is 3. The maximum atomic E-state index is 5.67. The predicted octanol–water partition coefficient (Wildman–Crippen LogP) is 3.41. The molecule has 0 aromatic carbocycles. The molecule has 0 unspecified atom stereocenters. The minimum absolute atomic E-state index is 0.847. The molecule has 1 fully saturated rings. The molecule has 2 aliphatic carbocycles. The van der Waals surface area contributed by atoms with Crippen LogP contribution in [0, 0.1) is 5.92 Å². The van der Waals surface area contributed by atoms with E-state index in [0.717, 1.165) is 42.7 Å². The summed E-state index contributed by atoms with van der Waals surface area (Å²) in [6.07, 6.45) is 9.11. The number of nitrogens with one attached hydrogen (secondary N) is 1. The lowest BCUT2D eigenvalue weighted by molar-refractivity contribution is 0.124. The van der Waals surface area contributed by atoms with E-state index >= 15 is 0 Å². The summed E-state index contributed by atoms with van der Waals surface area (Å²) >= 11 is 1.84. The van der Waals surface area contributed by atoms with Gasteiger partial charge in [0.15, 0.2) is 0 Å². The molecule has 4 rings (SSSR count). The molecule has 0 atom stereocenters. The van der Waals surface area contributed by atoms with E-state index in [1.54, 1.807) is 6.33 Å². The summed E-state index contributed by atoms with van der Waals surface area (Å²) in [6.45, 7) is 2.72. The summed E-state index contributed by atoms with van der Waals surface area (Å²) in [7, 11) is 0. The Morgan fingerprint density at radius 2 is 2.24 bits per heavy atom. The van der Waals surface area contributed by atoms with Crippen LogP contribution in [0.15, 0.2) is 6.33 Å². The number of anilines is 1. The topological polar surface area (TPSA) is 47.0 Å². The molecular formula is C16H21N3OS. The second-order valence-electron chi connectivity index (χ2n) is 6.06. The van der Waals surface area contributed by atoms with Gasteiger partial charge < -0.3 is 10.1 Å². The van der Waals surface area contributed by atoms with Gasteiger partial charge in [0.2, 0.25) is 0 Å². The van der Waals surface area contributed by atoms with Crippen LogP contribution in [-0.4, -0.2) is 29.7 Å². The maximum absolute atomic E-state index is 5.67. The molecule has 0 spiro atoms. The first-order valence-electron chi connectivity index (χ1n) is 7.98. The number of hydrogen-bond donors (Lipinski definition) is 1. The van der Waals surface area contributed by atoms with Gasteiger partial charge >= 0.3 is 0 Å². The van der Waals surface area contributed by atoms with Crippen molar-refractivity contribution in [2.45, 2.75) is 38.5 Å². The number of thiophene rings is 1. The van der Waals surface area contributed by atoms with E-state index in [4.69, 9.17) is 4.74 Å². The minimum atomic E-state index is 0.847. The quantitative estimate of drug-likeness (QED) is 0.796. The zero-order chi connectivity index (χ0) is 14.1. The molecule has 5 heteroatoms. The third-order valence-electron chi connectivity index (χ3n) is 4.31. The summed E-state index contributed by atoms with van der Waals surface area (Å²) in [4.78, 5) is 11.5. The van der Waals surface area contributed by atoms with Gasteiger partial charge in [0.1, 0.15) is 17.0 Å². The van der Waals surface area contributed by atoms with Crippen LogP contribution in [0.3, 0.4) is 0 Å². The lowest BCUT2D eigenvalue weighted by Gasteiger charge is -2.08. The van der Waals surface area contributed by atoms with Crippen LogP contribution in [0.4, 0.5) is 5.82 Å². The van der Waals surface area contributed by atoms with E-state index < -0.39 is 0 Å². The van der Waals surface area contributed by atoms with Gasteiger partial charge in [-0.25, -0.2) is 9.97 Å². The van der Waals surface area contributed by atoms with Crippen LogP contribution in [0.25, 0.3) is 10.2 Å². The molecule has 0 saturated heterocycles. The number of aryl methyl sites for hydroxylation is 2. The summed E-state index contributed by atoms with van der Waals surface area (Å²) in [5.41, 5.74) is 1.49. The van der Waals surface area contributed by atoms with E-state index in [-0.39, 0.29) is 0 Å². The van der Waals surface area contributed by atoms with E-state index in [1.165, 1.54) is 47.9 Å². The van der Waals surface area contributed by atoms with Gasteiger partial charge in [0, 0.05) is 24.6 Å². The number of nitrogens with zero attached hydrogens (tertiary/aromatic N) is 2. The summed E-state index contributed by atoms with van der Waals surface area (Å²) in [6, 6.07) is 0. The van der Waals surface area contributed by atoms with Crippen molar-refractivity contribution in [2.75, 3.05) is 25.1 Å². The zero-order valence-electron chi connectivity index (χ0n) is 12.2. The van der Waals surface area contributed by atoms with Crippen molar-refractivity contribution in [3.8, 4) is 0 Å². The molecule has 4 nitrogen and oxygen atoms in total. The normalized spacial score (nSPS) is 17.3. The number of rotatable bonds is 7. The Hall–Kier alpha value is -1.20. The van der Waals surface area contributed by atoms with Crippen molar-refractivity contribution in [2.24, 2.45) is 5.92 Å². The van der Waals surface area contributed by atoms with Gasteiger partial charge in [0.05, 0.1) is 5.39 Å². The van der Waals surface area contributed by atoms with Gasteiger partial charge in [-0.15, -0.1) is 11.3 Å². The number of aromatic nitrogens is 2. The fourth-order valence-electron chi connectivity index (χ4n) is 2.98. The Balaban J connectivity index is 1.37. The maximum Gasteiger partial charge on any atom is 0.138 e. The van der Waals surface area contributed by atoms with Crippen LogP contribution < -0.4 is 5.32 Å². The van der Waals surface area contributed by atoms with Crippen molar-refractivity contribution < 1.29 is 4.74 Å². The third-order valence-corrected chi connectivity index (χ3v) is 5.51. The SMILES string of the molecule is c1nc(NCCCOCC2CC2)c2c3c(sc2n1)CCC3. The Bertz CT molecular complexity index is 636. The molecule has 1 saturated carbocycles. The summed E-state index contributed by atoms with van der Waals surface area (Å²) < 4.78 is 5.67. The van der Waals surface area contributed by atoms with E-state index in [2.05, 4.69) is 15.3 Å². The van der Waals surface area contributed by atoms with Crippen LogP contribution in [-0.2, 0) is 17.6 Å². The lowest BCUT2D eigenvalue weighted by Crippen LogP contribution is -2.08. The molecular weight excluding hydrogens is 282 g/mol. The summed E-state index contributed by atoms with van der Waals surface area (Å²) in [5, 5.41) is 4.75. The fourth-order valence-corrected chi connectivity index (χ4v) is 4.21.